The van der Waals surface area contributed by atoms with Crippen molar-refractivity contribution >= 4 is 11.7 Å². The predicted molar refractivity (Wildman–Crippen MR) is 68.8 cm³/mol. The predicted octanol–water partition coefficient (Wildman–Crippen LogP) is 0.860. The molecule has 2 rings (SSSR count). The Morgan fingerprint density at radius 2 is 2.16 bits per heavy atom. The number of anilines is 1. The molecule has 1 amide bonds. The van der Waals surface area contributed by atoms with Crippen LogP contribution in [0, 0.1) is 11.3 Å². The fourth-order valence-corrected chi connectivity index (χ4v) is 1.54. The Bertz CT molecular complexity index is 647. The number of carbonyl (C=O) groups excluding carboxylic acids is 1. The molecule has 0 saturated heterocycles. The van der Waals surface area contributed by atoms with E-state index in [0.717, 1.165) is 5.56 Å². The van der Waals surface area contributed by atoms with Crippen LogP contribution in [-0.4, -0.2) is 15.9 Å². The fraction of sp³-hybridized carbons (Fsp3) is 0.0769. The maximum absolute atomic E-state index is 11.8. The highest BCUT2D eigenvalue weighted by Gasteiger charge is 2.11. The highest BCUT2D eigenvalue weighted by molar-refractivity contribution is 5.96. The minimum absolute atomic E-state index is 0.0887. The molecule has 2 aromatic rings. The van der Waals surface area contributed by atoms with Crippen LogP contribution < -0.4 is 11.1 Å². The van der Waals surface area contributed by atoms with Crippen molar-refractivity contribution in [2.24, 2.45) is 0 Å². The Hall–Kier alpha value is -2.94. The lowest BCUT2D eigenvalue weighted by atomic mass is 10.1. The van der Waals surface area contributed by atoms with E-state index in [1.807, 2.05) is 12.1 Å². The topological polar surface area (TPSA) is 105 Å². The van der Waals surface area contributed by atoms with Crippen molar-refractivity contribution in [3.05, 3.63) is 53.5 Å². The zero-order valence-corrected chi connectivity index (χ0v) is 10.00. The van der Waals surface area contributed by atoms with Gasteiger partial charge in [-0.05, 0) is 17.7 Å². The molecule has 94 valence electrons. The molecule has 0 fully saturated rings. The van der Waals surface area contributed by atoms with Gasteiger partial charge in [0, 0.05) is 18.9 Å². The maximum Gasteiger partial charge on any atom is 0.273 e. The number of amides is 1. The number of nitriles is 1. The average molecular weight is 253 g/mol. The Morgan fingerprint density at radius 1 is 1.37 bits per heavy atom. The molecular formula is C13H11N5O. The summed E-state index contributed by atoms with van der Waals surface area (Å²) in [6.07, 6.45) is 2.82. The van der Waals surface area contributed by atoms with E-state index in [4.69, 9.17) is 11.0 Å². The number of hydrogen-bond donors (Lipinski definition) is 2. The lowest BCUT2D eigenvalue weighted by molar-refractivity contribution is 0.0946. The van der Waals surface area contributed by atoms with E-state index in [1.165, 1.54) is 12.4 Å². The number of aromatic nitrogens is 2. The average Bonchev–Trinajstić information content (AvgIpc) is 2.45. The van der Waals surface area contributed by atoms with Gasteiger partial charge in [0.05, 0.1) is 11.6 Å². The van der Waals surface area contributed by atoms with Gasteiger partial charge in [0.25, 0.3) is 5.91 Å². The number of nitrogens with zero attached hydrogens (tertiary/aromatic N) is 3. The minimum atomic E-state index is -0.395. The summed E-state index contributed by atoms with van der Waals surface area (Å²) in [4.78, 5) is 19.5. The van der Waals surface area contributed by atoms with E-state index >= 15 is 0 Å². The quantitative estimate of drug-likeness (QED) is 0.844. The molecule has 0 saturated carbocycles. The number of rotatable bonds is 3. The lowest BCUT2D eigenvalue weighted by Crippen LogP contribution is -2.25. The maximum atomic E-state index is 11.8. The Balaban J connectivity index is 2.05. The van der Waals surface area contributed by atoms with Gasteiger partial charge < -0.3 is 11.1 Å². The molecule has 0 unspecified atom stereocenters. The van der Waals surface area contributed by atoms with E-state index in [2.05, 4.69) is 15.3 Å². The molecule has 3 N–H and O–H groups in total. The molecule has 1 aromatic heterocycles. The van der Waals surface area contributed by atoms with Crippen molar-refractivity contribution in [1.29, 1.82) is 5.26 Å². The van der Waals surface area contributed by atoms with Crippen LogP contribution in [0.3, 0.4) is 0 Å². The molecular weight excluding hydrogens is 242 g/mol. The van der Waals surface area contributed by atoms with Crippen LogP contribution in [0.2, 0.25) is 0 Å². The lowest BCUT2D eigenvalue weighted by Gasteiger charge is -2.06. The molecule has 0 aliphatic rings. The van der Waals surface area contributed by atoms with E-state index < -0.39 is 5.91 Å². The van der Waals surface area contributed by atoms with Gasteiger partial charge >= 0.3 is 0 Å². The second kappa shape index (κ2) is 5.60. The molecule has 1 aromatic carbocycles. The van der Waals surface area contributed by atoms with Gasteiger partial charge in [-0.1, -0.05) is 12.1 Å². The van der Waals surface area contributed by atoms with Crippen molar-refractivity contribution in [3.8, 4) is 6.07 Å². The first-order valence-corrected chi connectivity index (χ1v) is 5.54. The summed E-state index contributed by atoms with van der Waals surface area (Å²) in [5.41, 5.74) is 7.03. The van der Waals surface area contributed by atoms with Crippen LogP contribution in [0.25, 0.3) is 0 Å². The number of nitrogens with two attached hydrogens (primary N) is 1. The fourth-order valence-electron chi connectivity index (χ4n) is 1.54. The molecule has 0 radical (unpaired) electrons. The first kappa shape index (κ1) is 12.5. The molecule has 0 spiro atoms. The van der Waals surface area contributed by atoms with E-state index in [1.54, 1.807) is 18.2 Å². The summed E-state index contributed by atoms with van der Waals surface area (Å²) < 4.78 is 0. The number of hydrogen-bond acceptors (Lipinski definition) is 5. The third-order valence-electron chi connectivity index (χ3n) is 2.45. The van der Waals surface area contributed by atoms with Crippen LogP contribution in [0.15, 0.2) is 36.7 Å². The van der Waals surface area contributed by atoms with Crippen molar-refractivity contribution in [2.45, 2.75) is 6.54 Å². The summed E-state index contributed by atoms with van der Waals surface area (Å²) >= 11 is 0. The minimum Gasteiger partial charge on any atom is -0.382 e. The zero-order valence-electron chi connectivity index (χ0n) is 10.00. The van der Waals surface area contributed by atoms with Crippen LogP contribution in [0.4, 0.5) is 5.82 Å². The summed E-state index contributed by atoms with van der Waals surface area (Å²) in [6.45, 7) is 0.296. The summed E-state index contributed by atoms with van der Waals surface area (Å²) in [7, 11) is 0. The number of nitrogens with one attached hydrogen (secondary N) is 1. The molecule has 19 heavy (non-hydrogen) atoms. The van der Waals surface area contributed by atoms with Crippen LogP contribution >= 0.6 is 0 Å². The Kier molecular flexibility index (Phi) is 3.69. The molecule has 0 aliphatic heterocycles. The largest absolute Gasteiger partial charge is 0.382 e. The normalized spacial score (nSPS) is 9.63. The standard InChI is InChI=1S/C13H11N5O/c14-7-9-2-1-3-10(6-9)8-18-13(19)11-12(15)17-5-4-16-11/h1-6H,8H2,(H2,15,17)(H,18,19). The second-order valence-corrected chi connectivity index (χ2v) is 3.79. The smallest absolute Gasteiger partial charge is 0.273 e. The summed E-state index contributed by atoms with van der Waals surface area (Å²) in [5, 5.41) is 11.5. The molecule has 0 atom stereocenters. The molecule has 6 heteroatoms. The van der Waals surface area contributed by atoms with Crippen LogP contribution in [0.5, 0.6) is 0 Å². The van der Waals surface area contributed by atoms with Gasteiger partial charge in [-0.25, -0.2) is 9.97 Å². The van der Waals surface area contributed by atoms with Crippen molar-refractivity contribution < 1.29 is 4.79 Å². The molecule has 6 nitrogen and oxygen atoms in total. The van der Waals surface area contributed by atoms with Gasteiger partial charge in [0.15, 0.2) is 11.5 Å². The SMILES string of the molecule is N#Cc1cccc(CNC(=O)c2nccnc2N)c1. The zero-order chi connectivity index (χ0) is 13.7. The van der Waals surface area contributed by atoms with E-state index in [9.17, 15) is 4.79 Å². The number of carbonyl (C=O) groups is 1. The first-order valence-electron chi connectivity index (χ1n) is 5.54. The van der Waals surface area contributed by atoms with Crippen LogP contribution in [0.1, 0.15) is 21.6 Å². The first-order chi connectivity index (χ1) is 9.20. The number of nitrogen functional groups attached to an aromatic ring is 1. The Morgan fingerprint density at radius 3 is 2.89 bits per heavy atom. The van der Waals surface area contributed by atoms with Gasteiger partial charge in [0.1, 0.15) is 0 Å². The van der Waals surface area contributed by atoms with E-state index in [0.29, 0.717) is 12.1 Å². The molecule has 1 heterocycles. The monoisotopic (exact) mass is 253 g/mol. The van der Waals surface area contributed by atoms with Crippen LogP contribution in [-0.2, 0) is 6.54 Å². The van der Waals surface area contributed by atoms with Gasteiger partial charge in [0.2, 0.25) is 0 Å². The molecule has 0 bridgehead atoms. The van der Waals surface area contributed by atoms with Gasteiger partial charge in [-0.3, -0.25) is 4.79 Å². The van der Waals surface area contributed by atoms with Crippen molar-refractivity contribution in [3.63, 3.8) is 0 Å². The van der Waals surface area contributed by atoms with Gasteiger partial charge in [-0.15, -0.1) is 0 Å². The summed E-state index contributed by atoms with van der Waals surface area (Å²) in [5.74, 6) is -0.307. The highest BCUT2D eigenvalue weighted by Crippen LogP contribution is 2.06. The van der Waals surface area contributed by atoms with Gasteiger partial charge in [-0.2, -0.15) is 5.26 Å². The number of benzene rings is 1. The van der Waals surface area contributed by atoms with E-state index in [-0.39, 0.29) is 11.5 Å². The van der Waals surface area contributed by atoms with Crippen molar-refractivity contribution in [1.82, 2.24) is 15.3 Å². The Labute approximate surface area is 109 Å². The summed E-state index contributed by atoms with van der Waals surface area (Å²) in [6, 6.07) is 9.03. The van der Waals surface area contributed by atoms with Crippen molar-refractivity contribution in [2.75, 3.05) is 5.73 Å². The third-order valence-corrected chi connectivity index (χ3v) is 2.45. The highest BCUT2D eigenvalue weighted by atomic mass is 16.1. The second-order valence-electron chi connectivity index (χ2n) is 3.79. The third kappa shape index (κ3) is 3.04. The molecule has 0 aliphatic carbocycles.